The maximum absolute atomic E-state index is 4.24. The van der Waals surface area contributed by atoms with Crippen LogP contribution >= 0.6 is 34.9 Å². The number of benzene rings is 1. The fourth-order valence-electron chi connectivity index (χ4n) is 1.86. The van der Waals surface area contributed by atoms with Gasteiger partial charge in [0.25, 0.3) is 0 Å². The van der Waals surface area contributed by atoms with Gasteiger partial charge in [0.15, 0.2) is 8.68 Å². The van der Waals surface area contributed by atoms with Gasteiger partial charge in [0.2, 0.25) is 0 Å². The van der Waals surface area contributed by atoms with E-state index in [1.54, 1.807) is 34.9 Å². The molecular weight excluding hydrogens is 318 g/mol. The minimum Gasteiger partial charge on any atom is -0.312 e. The zero-order valence-corrected chi connectivity index (χ0v) is 15.3. The number of aryl methyl sites for hydroxylation is 1. The first-order valence-electron chi connectivity index (χ1n) is 6.94. The molecule has 0 aliphatic rings. The van der Waals surface area contributed by atoms with E-state index in [0.717, 1.165) is 21.8 Å². The molecule has 0 radical (unpaired) electrons. The van der Waals surface area contributed by atoms with Gasteiger partial charge in [-0.3, -0.25) is 0 Å². The number of hydrogen-bond acceptors (Lipinski definition) is 6. The van der Waals surface area contributed by atoms with Crippen LogP contribution in [0.5, 0.6) is 0 Å². The standard InChI is InChI=1S/C15H21N3S3/c1-10(2)8-16-9-12-7-11(3)5-6-13(12)20-15-18-17-14(19-4)21-15/h5-7,10,16H,8-9H2,1-4H3. The first kappa shape index (κ1) is 16.8. The van der Waals surface area contributed by atoms with Gasteiger partial charge in [-0.1, -0.05) is 66.4 Å². The maximum atomic E-state index is 4.24. The van der Waals surface area contributed by atoms with Crippen LogP contribution < -0.4 is 5.32 Å². The van der Waals surface area contributed by atoms with Crippen LogP contribution in [-0.2, 0) is 6.54 Å². The summed E-state index contributed by atoms with van der Waals surface area (Å²) in [7, 11) is 0. The highest BCUT2D eigenvalue weighted by Gasteiger charge is 2.09. The van der Waals surface area contributed by atoms with Crippen molar-refractivity contribution in [1.82, 2.24) is 15.5 Å². The molecule has 0 aliphatic carbocycles. The molecule has 1 aromatic heterocycles. The molecule has 0 saturated heterocycles. The Labute approximate surface area is 139 Å². The van der Waals surface area contributed by atoms with Gasteiger partial charge in [0.05, 0.1) is 0 Å². The Balaban J connectivity index is 2.10. The van der Waals surface area contributed by atoms with E-state index < -0.39 is 0 Å². The molecule has 1 aromatic carbocycles. The summed E-state index contributed by atoms with van der Waals surface area (Å²) in [5.74, 6) is 0.665. The third-order valence-electron chi connectivity index (χ3n) is 2.84. The Morgan fingerprint density at radius 2 is 2.00 bits per heavy atom. The number of thioether (sulfide) groups is 1. The summed E-state index contributed by atoms with van der Waals surface area (Å²) in [6.45, 7) is 8.52. The molecule has 0 saturated carbocycles. The molecule has 114 valence electrons. The lowest BCUT2D eigenvalue weighted by molar-refractivity contribution is 0.550. The first-order valence-corrected chi connectivity index (χ1v) is 9.80. The van der Waals surface area contributed by atoms with Gasteiger partial charge in [-0.15, -0.1) is 10.2 Å². The highest BCUT2D eigenvalue weighted by molar-refractivity contribution is 8.03. The number of nitrogens with zero attached hydrogens (tertiary/aromatic N) is 2. The van der Waals surface area contributed by atoms with Crippen molar-refractivity contribution >= 4 is 34.9 Å². The summed E-state index contributed by atoms with van der Waals surface area (Å²) in [5, 5.41) is 11.9. The Morgan fingerprint density at radius 3 is 2.67 bits per heavy atom. The van der Waals surface area contributed by atoms with Gasteiger partial charge >= 0.3 is 0 Å². The van der Waals surface area contributed by atoms with Crippen LogP contribution in [0.25, 0.3) is 0 Å². The average Bonchev–Trinajstić information content (AvgIpc) is 2.89. The molecule has 21 heavy (non-hydrogen) atoms. The van der Waals surface area contributed by atoms with Gasteiger partial charge in [-0.2, -0.15) is 0 Å². The molecular formula is C15H21N3S3. The Hall–Kier alpha value is -0.560. The molecule has 0 spiro atoms. The average molecular weight is 340 g/mol. The highest BCUT2D eigenvalue weighted by atomic mass is 32.2. The Morgan fingerprint density at radius 1 is 1.24 bits per heavy atom. The van der Waals surface area contributed by atoms with Crippen molar-refractivity contribution in [2.45, 2.75) is 40.9 Å². The van der Waals surface area contributed by atoms with Crippen LogP contribution in [0.15, 0.2) is 31.8 Å². The summed E-state index contributed by atoms with van der Waals surface area (Å²) in [5.41, 5.74) is 2.63. The summed E-state index contributed by atoms with van der Waals surface area (Å²) in [6, 6.07) is 6.60. The molecule has 2 aromatic rings. The molecule has 2 rings (SSSR count). The van der Waals surface area contributed by atoms with E-state index in [9.17, 15) is 0 Å². The summed E-state index contributed by atoms with van der Waals surface area (Å²) >= 11 is 5.01. The molecule has 1 heterocycles. The largest absolute Gasteiger partial charge is 0.312 e. The van der Waals surface area contributed by atoms with Crippen molar-refractivity contribution in [2.24, 2.45) is 5.92 Å². The minimum absolute atomic E-state index is 0.665. The number of rotatable bonds is 7. The lowest BCUT2D eigenvalue weighted by Gasteiger charge is -2.11. The van der Waals surface area contributed by atoms with Crippen LogP contribution in [0.4, 0.5) is 0 Å². The fourth-order valence-corrected chi connectivity index (χ4v) is 4.36. The quantitative estimate of drug-likeness (QED) is 0.754. The van der Waals surface area contributed by atoms with Crippen LogP contribution in [-0.4, -0.2) is 23.0 Å². The zero-order chi connectivity index (χ0) is 15.2. The second-order valence-electron chi connectivity index (χ2n) is 5.28. The van der Waals surface area contributed by atoms with Gasteiger partial charge in [-0.25, -0.2) is 0 Å². The third-order valence-corrected chi connectivity index (χ3v) is 5.91. The smallest absolute Gasteiger partial charge is 0.179 e. The van der Waals surface area contributed by atoms with Crippen molar-refractivity contribution in [3.8, 4) is 0 Å². The molecule has 3 nitrogen and oxygen atoms in total. The molecule has 6 heteroatoms. The number of nitrogens with one attached hydrogen (secondary N) is 1. The third kappa shape index (κ3) is 5.29. The first-order chi connectivity index (χ1) is 10.1. The van der Waals surface area contributed by atoms with Crippen molar-refractivity contribution in [3.05, 3.63) is 29.3 Å². The van der Waals surface area contributed by atoms with Gasteiger partial charge < -0.3 is 5.32 Å². The molecule has 0 amide bonds. The lowest BCUT2D eigenvalue weighted by atomic mass is 10.1. The predicted octanol–water partition coefficient (Wildman–Crippen LogP) is 4.47. The molecule has 0 atom stereocenters. The van der Waals surface area contributed by atoms with Gasteiger partial charge in [-0.05, 0) is 37.3 Å². The van der Waals surface area contributed by atoms with E-state index in [-0.39, 0.29) is 0 Å². The molecule has 0 aliphatic heterocycles. The fraction of sp³-hybridized carbons (Fsp3) is 0.467. The van der Waals surface area contributed by atoms with Crippen LogP contribution in [0.2, 0.25) is 0 Å². The van der Waals surface area contributed by atoms with Crippen molar-refractivity contribution < 1.29 is 0 Å². The number of aromatic nitrogens is 2. The molecule has 0 unspecified atom stereocenters. The highest BCUT2D eigenvalue weighted by Crippen LogP contribution is 2.34. The summed E-state index contributed by atoms with van der Waals surface area (Å²) in [4.78, 5) is 1.26. The van der Waals surface area contributed by atoms with Gasteiger partial charge in [0, 0.05) is 11.4 Å². The van der Waals surface area contributed by atoms with Crippen LogP contribution in [0, 0.1) is 12.8 Å². The summed E-state index contributed by atoms with van der Waals surface area (Å²) in [6.07, 6.45) is 2.03. The van der Waals surface area contributed by atoms with E-state index in [2.05, 4.69) is 54.5 Å². The van der Waals surface area contributed by atoms with E-state index in [1.807, 2.05) is 6.26 Å². The van der Waals surface area contributed by atoms with E-state index in [1.165, 1.54) is 16.0 Å². The van der Waals surface area contributed by atoms with E-state index >= 15 is 0 Å². The van der Waals surface area contributed by atoms with E-state index in [0.29, 0.717) is 5.92 Å². The molecule has 1 N–H and O–H groups in total. The second kappa shape index (κ2) is 8.17. The predicted molar refractivity (Wildman–Crippen MR) is 93.5 cm³/mol. The zero-order valence-electron chi connectivity index (χ0n) is 12.8. The van der Waals surface area contributed by atoms with Crippen LogP contribution in [0.3, 0.4) is 0 Å². The Kier molecular flexibility index (Phi) is 6.54. The number of hydrogen-bond donors (Lipinski definition) is 1. The molecule has 0 bridgehead atoms. The SMILES string of the molecule is CSc1nnc(Sc2ccc(C)cc2CNCC(C)C)s1. The Bertz CT molecular complexity index is 581. The maximum Gasteiger partial charge on any atom is 0.179 e. The van der Waals surface area contributed by atoms with Gasteiger partial charge in [0.1, 0.15) is 0 Å². The minimum atomic E-state index is 0.665. The second-order valence-corrected chi connectivity index (χ2v) is 8.60. The lowest BCUT2D eigenvalue weighted by Crippen LogP contribution is -2.19. The normalized spacial score (nSPS) is 11.3. The van der Waals surface area contributed by atoms with Crippen molar-refractivity contribution in [1.29, 1.82) is 0 Å². The topological polar surface area (TPSA) is 37.8 Å². The van der Waals surface area contributed by atoms with Crippen molar-refractivity contribution in [2.75, 3.05) is 12.8 Å². The summed E-state index contributed by atoms with van der Waals surface area (Å²) < 4.78 is 2.03. The van der Waals surface area contributed by atoms with Crippen LogP contribution in [0.1, 0.15) is 25.0 Å². The van der Waals surface area contributed by atoms with Crippen molar-refractivity contribution in [3.63, 3.8) is 0 Å². The molecule has 0 fully saturated rings. The van der Waals surface area contributed by atoms with E-state index in [4.69, 9.17) is 0 Å². The monoisotopic (exact) mass is 339 g/mol.